The van der Waals surface area contributed by atoms with Crippen molar-refractivity contribution in [2.75, 3.05) is 12.3 Å². The molecule has 0 saturated carbocycles. The van der Waals surface area contributed by atoms with Crippen molar-refractivity contribution in [2.45, 2.75) is 13.3 Å². The highest BCUT2D eigenvalue weighted by Gasteiger charge is 2.25. The summed E-state index contributed by atoms with van der Waals surface area (Å²) < 4.78 is 0. The predicted octanol–water partition coefficient (Wildman–Crippen LogP) is 2.54. The Morgan fingerprint density at radius 1 is 1.62 bits per heavy atom. The minimum atomic E-state index is -0.784. The third-order valence-electron chi connectivity index (χ3n) is 2.53. The Hall–Kier alpha value is -0.810. The van der Waals surface area contributed by atoms with E-state index >= 15 is 0 Å². The van der Waals surface area contributed by atoms with Gasteiger partial charge in [-0.15, -0.1) is 11.8 Å². The van der Waals surface area contributed by atoms with E-state index in [1.165, 1.54) is 4.91 Å². The molecule has 0 aromatic heterocycles. The number of carboxylic acid groups (broad SMARTS) is 1. The van der Waals surface area contributed by atoms with Gasteiger partial charge in [0.15, 0.2) is 0 Å². The fraction of sp³-hybridized carbons (Fsp3) is 0.364. The highest BCUT2D eigenvalue weighted by molar-refractivity contribution is 8.09. The second kappa shape index (κ2) is 5.01. The van der Waals surface area contributed by atoms with Crippen LogP contribution in [0, 0.1) is 0 Å². The monoisotopic (exact) mass is 255 g/mol. The first-order chi connectivity index (χ1) is 7.74. The summed E-state index contributed by atoms with van der Waals surface area (Å²) in [5.74, 6) is 0.0106. The first kappa shape index (κ1) is 11.7. The molecule has 0 bridgehead atoms. The number of aliphatic carboxylic acids is 1. The van der Waals surface area contributed by atoms with E-state index in [2.05, 4.69) is 5.32 Å². The first-order valence-corrected chi connectivity index (χ1v) is 6.97. The topological polar surface area (TPSA) is 49.3 Å². The van der Waals surface area contributed by atoms with Crippen LogP contribution in [-0.2, 0) is 4.79 Å². The van der Waals surface area contributed by atoms with Gasteiger partial charge in [0.25, 0.3) is 0 Å². The zero-order chi connectivity index (χ0) is 11.5. The average molecular weight is 255 g/mol. The molecule has 0 aromatic carbocycles. The van der Waals surface area contributed by atoms with Crippen molar-refractivity contribution in [2.24, 2.45) is 0 Å². The molecule has 2 rings (SSSR count). The fourth-order valence-electron chi connectivity index (χ4n) is 1.75. The van der Waals surface area contributed by atoms with E-state index in [0.717, 1.165) is 22.8 Å². The molecule has 16 heavy (non-hydrogen) atoms. The molecular weight excluding hydrogens is 242 g/mol. The van der Waals surface area contributed by atoms with Gasteiger partial charge in [0, 0.05) is 33.9 Å². The number of nitrogens with one attached hydrogen (secondary N) is 1. The maximum absolute atomic E-state index is 11.1. The second-order valence-corrected chi connectivity index (χ2v) is 5.44. The lowest BCUT2D eigenvalue weighted by Crippen LogP contribution is -2.06. The largest absolute Gasteiger partial charge is 0.478 e. The number of hydrogen-bond acceptors (Lipinski definition) is 4. The average Bonchev–Trinajstić information content (AvgIpc) is 2.50. The fourth-order valence-corrected chi connectivity index (χ4v) is 4.08. The third-order valence-corrected chi connectivity index (χ3v) is 4.79. The second-order valence-electron chi connectivity index (χ2n) is 3.46. The molecule has 0 aliphatic carbocycles. The van der Waals surface area contributed by atoms with Crippen LogP contribution in [0.5, 0.6) is 0 Å². The summed E-state index contributed by atoms with van der Waals surface area (Å²) in [6.07, 6.45) is 2.49. The van der Waals surface area contributed by atoms with E-state index in [1.54, 1.807) is 23.5 Å². The molecule has 2 aliphatic heterocycles. The van der Waals surface area contributed by atoms with Crippen molar-refractivity contribution in [3.05, 3.63) is 32.6 Å². The molecule has 0 saturated heterocycles. The van der Waals surface area contributed by atoms with Gasteiger partial charge in [-0.05, 0) is 17.4 Å². The summed E-state index contributed by atoms with van der Waals surface area (Å²) in [7, 11) is 0. The number of allylic oxidation sites excluding steroid dienone is 1. The minimum absolute atomic E-state index is 0.556. The third kappa shape index (κ3) is 2.15. The number of carboxylic acids is 1. The molecule has 5 heteroatoms. The number of rotatable bonds is 2. The van der Waals surface area contributed by atoms with E-state index in [0.29, 0.717) is 12.0 Å². The van der Waals surface area contributed by atoms with Gasteiger partial charge in [0.1, 0.15) is 0 Å². The normalized spacial score (nSPS) is 22.6. The summed E-state index contributed by atoms with van der Waals surface area (Å²) in [4.78, 5) is 13.6. The maximum atomic E-state index is 11.1. The number of thioether (sulfide) groups is 2. The van der Waals surface area contributed by atoms with Crippen LogP contribution in [0.1, 0.15) is 13.3 Å². The van der Waals surface area contributed by atoms with Gasteiger partial charge >= 0.3 is 5.97 Å². The van der Waals surface area contributed by atoms with Crippen molar-refractivity contribution in [1.29, 1.82) is 0 Å². The van der Waals surface area contributed by atoms with Crippen LogP contribution in [0.4, 0.5) is 0 Å². The summed E-state index contributed by atoms with van der Waals surface area (Å²) in [6, 6.07) is 0. The van der Waals surface area contributed by atoms with Crippen LogP contribution in [0.2, 0.25) is 0 Å². The van der Waals surface area contributed by atoms with Crippen LogP contribution >= 0.6 is 23.5 Å². The standard InChI is InChI=1S/C11H13NO2S2/c1-2-7(11(13)14)8-6-16-9-5-12-3-4-15-10(8)9/h3-4,12H,2,5-6H2,1H3,(H,13,14). The van der Waals surface area contributed by atoms with Gasteiger partial charge in [-0.3, -0.25) is 0 Å². The van der Waals surface area contributed by atoms with Crippen molar-refractivity contribution in [3.8, 4) is 0 Å². The maximum Gasteiger partial charge on any atom is 0.331 e. The molecule has 2 aliphatic rings. The molecule has 0 unspecified atom stereocenters. The zero-order valence-electron chi connectivity index (χ0n) is 8.95. The molecule has 2 heterocycles. The molecule has 2 N–H and O–H groups in total. The Labute approximate surface area is 103 Å². The van der Waals surface area contributed by atoms with E-state index in [-0.39, 0.29) is 0 Å². The number of hydrogen-bond donors (Lipinski definition) is 2. The van der Waals surface area contributed by atoms with Crippen LogP contribution in [0.25, 0.3) is 0 Å². The van der Waals surface area contributed by atoms with E-state index in [9.17, 15) is 4.79 Å². The Bertz CT molecular complexity index is 410. The first-order valence-electron chi connectivity index (χ1n) is 5.10. The number of carbonyl (C=O) groups is 1. The van der Waals surface area contributed by atoms with E-state index in [1.807, 2.05) is 18.5 Å². The molecule has 0 amide bonds. The van der Waals surface area contributed by atoms with Gasteiger partial charge in [-0.1, -0.05) is 18.7 Å². The van der Waals surface area contributed by atoms with E-state index in [4.69, 9.17) is 5.11 Å². The molecule has 0 fully saturated rings. The van der Waals surface area contributed by atoms with Crippen molar-refractivity contribution in [3.63, 3.8) is 0 Å². The summed E-state index contributed by atoms with van der Waals surface area (Å²) in [5.41, 5.74) is 1.56. The lowest BCUT2D eigenvalue weighted by molar-refractivity contribution is -0.132. The van der Waals surface area contributed by atoms with Crippen LogP contribution in [-0.4, -0.2) is 23.4 Å². The molecular formula is C11H13NO2S2. The SMILES string of the molecule is CCC(C(=O)O)=C1CSC2=C1SC=CNC2. The van der Waals surface area contributed by atoms with Crippen molar-refractivity contribution in [1.82, 2.24) is 5.32 Å². The highest BCUT2D eigenvalue weighted by atomic mass is 32.2. The van der Waals surface area contributed by atoms with Crippen LogP contribution in [0.15, 0.2) is 32.6 Å². The van der Waals surface area contributed by atoms with Gasteiger partial charge in [0.2, 0.25) is 0 Å². The molecule has 0 atom stereocenters. The molecule has 0 radical (unpaired) electrons. The van der Waals surface area contributed by atoms with Gasteiger partial charge in [0.05, 0.1) is 0 Å². The van der Waals surface area contributed by atoms with E-state index < -0.39 is 5.97 Å². The van der Waals surface area contributed by atoms with Crippen molar-refractivity contribution < 1.29 is 9.90 Å². The molecule has 0 aromatic rings. The Kier molecular flexibility index (Phi) is 3.66. The summed E-state index contributed by atoms with van der Waals surface area (Å²) in [5, 5.41) is 14.3. The Balaban J connectivity index is 2.40. The van der Waals surface area contributed by atoms with Crippen LogP contribution in [0.3, 0.4) is 0 Å². The molecule has 3 nitrogen and oxygen atoms in total. The predicted molar refractivity (Wildman–Crippen MR) is 69.2 cm³/mol. The van der Waals surface area contributed by atoms with Gasteiger partial charge in [-0.2, -0.15) is 0 Å². The van der Waals surface area contributed by atoms with Gasteiger partial charge in [-0.25, -0.2) is 4.79 Å². The van der Waals surface area contributed by atoms with Crippen molar-refractivity contribution >= 4 is 29.5 Å². The molecule has 0 spiro atoms. The highest BCUT2D eigenvalue weighted by Crippen LogP contribution is 2.44. The quantitative estimate of drug-likeness (QED) is 0.743. The zero-order valence-corrected chi connectivity index (χ0v) is 10.6. The Morgan fingerprint density at radius 2 is 2.44 bits per heavy atom. The lowest BCUT2D eigenvalue weighted by atomic mass is 10.1. The van der Waals surface area contributed by atoms with Gasteiger partial charge < -0.3 is 10.4 Å². The summed E-state index contributed by atoms with van der Waals surface area (Å²) >= 11 is 3.36. The lowest BCUT2D eigenvalue weighted by Gasteiger charge is -2.06. The summed E-state index contributed by atoms with van der Waals surface area (Å²) in [6.45, 7) is 2.71. The smallest absolute Gasteiger partial charge is 0.331 e. The molecule has 86 valence electrons. The van der Waals surface area contributed by atoms with Crippen LogP contribution < -0.4 is 5.32 Å². The minimum Gasteiger partial charge on any atom is -0.478 e. The Morgan fingerprint density at radius 3 is 3.12 bits per heavy atom.